The van der Waals surface area contributed by atoms with E-state index in [9.17, 15) is 9.59 Å². The van der Waals surface area contributed by atoms with Gasteiger partial charge in [0.25, 0.3) is 5.91 Å². The number of rotatable bonds is 7. The molecule has 33 heavy (non-hydrogen) atoms. The molecular weight excluding hydrogens is 416 g/mol. The molecule has 1 aliphatic carbocycles. The Hall–Kier alpha value is -3.84. The van der Waals surface area contributed by atoms with Crippen molar-refractivity contribution >= 4 is 17.7 Å². The third kappa shape index (κ3) is 5.70. The van der Waals surface area contributed by atoms with E-state index in [2.05, 4.69) is 15.6 Å². The summed E-state index contributed by atoms with van der Waals surface area (Å²) in [5, 5.41) is 23.4. The molecule has 168 valence electrons. The lowest BCUT2D eigenvalue weighted by Gasteiger charge is -2.13. The van der Waals surface area contributed by atoms with E-state index in [1.807, 2.05) is 42.5 Å². The highest BCUT2D eigenvalue weighted by Gasteiger charge is 2.29. The van der Waals surface area contributed by atoms with E-state index in [1.54, 1.807) is 30.5 Å². The van der Waals surface area contributed by atoms with Gasteiger partial charge in [0.1, 0.15) is 5.84 Å². The van der Waals surface area contributed by atoms with Crippen LogP contribution < -0.4 is 10.6 Å². The lowest BCUT2D eigenvalue weighted by molar-refractivity contribution is -0.141. The van der Waals surface area contributed by atoms with E-state index in [0.29, 0.717) is 30.5 Å². The van der Waals surface area contributed by atoms with Gasteiger partial charge < -0.3 is 15.7 Å². The average Bonchev–Trinajstić information content (AvgIpc) is 3.33. The van der Waals surface area contributed by atoms with Crippen LogP contribution >= 0.6 is 0 Å². The molecule has 2 atom stereocenters. The highest BCUT2D eigenvalue weighted by molar-refractivity contribution is 6.11. The molecule has 1 heterocycles. The molecule has 2 aromatic carbocycles. The van der Waals surface area contributed by atoms with Gasteiger partial charge in [-0.2, -0.15) is 0 Å². The number of nitrogens with zero attached hydrogens (tertiary/aromatic N) is 1. The van der Waals surface area contributed by atoms with Gasteiger partial charge in [-0.15, -0.1) is 0 Å². The first-order chi connectivity index (χ1) is 16.0. The number of carboxylic acid groups (broad SMARTS) is 1. The Morgan fingerprint density at radius 2 is 1.70 bits per heavy atom. The first-order valence-corrected chi connectivity index (χ1v) is 11.0. The van der Waals surface area contributed by atoms with Crippen LogP contribution in [0.4, 0.5) is 0 Å². The van der Waals surface area contributed by atoms with E-state index in [-0.39, 0.29) is 23.7 Å². The zero-order valence-electron chi connectivity index (χ0n) is 18.1. The summed E-state index contributed by atoms with van der Waals surface area (Å²) in [5.74, 6) is -1.27. The topological polar surface area (TPSA) is 115 Å². The zero-order chi connectivity index (χ0) is 23.2. The monoisotopic (exact) mass is 442 g/mol. The van der Waals surface area contributed by atoms with Crippen LogP contribution in [0.5, 0.6) is 0 Å². The summed E-state index contributed by atoms with van der Waals surface area (Å²) in [5.41, 5.74) is 3.88. The molecule has 0 saturated heterocycles. The molecule has 0 bridgehead atoms. The van der Waals surface area contributed by atoms with Gasteiger partial charge in [-0.05, 0) is 49.1 Å². The third-order valence-electron chi connectivity index (χ3n) is 5.97. The molecule has 3 aromatic rings. The van der Waals surface area contributed by atoms with Gasteiger partial charge in [-0.25, -0.2) is 0 Å². The van der Waals surface area contributed by atoms with E-state index < -0.39 is 5.97 Å². The smallest absolute Gasteiger partial charge is 0.306 e. The number of aliphatic carboxylic acids is 1. The number of carboxylic acids is 1. The predicted molar refractivity (Wildman–Crippen MR) is 126 cm³/mol. The second kappa shape index (κ2) is 10.2. The SMILES string of the molecule is N=C(NC(=O)c1ccc(-c2ccccn2)cc1)c1ccc(CN[C@@H]2CC[C@@H](C(=O)O)C2)cc1. The Morgan fingerprint density at radius 1 is 0.970 bits per heavy atom. The van der Waals surface area contributed by atoms with Gasteiger partial charge >= 0.3 is 5.97 Å². The van der Waals surface area contributed by atoms with Gasteiger partial charge in [-0.1, -0.05) is 42.5 Å². The number of carbonyl (C=O) groups excluding carboxylic acids is 1. The van der Waals surface area contributed by atoms with Crippen molar-refractivity contribution in [2.24, 2.45) is 5.92 Å². The molecule has 4 rings (SSSR count). The third-order valence-corrected chi connectivity index (χ3v) is 5.97. The van der Waals surface area contributed by atoms with E-state index in [1.165, 1.54) is 0 Å². The van der Waals surface area contributed by atoms with Crippen LogP contribution in [0.3, 0.4) is 0 Å². The Morgan fingerprint density at radius 3 is 2.33 bits per heavy atom. The maximum Gasteiger partial charge on any atom is 0.306 e. The highest BCUT2D eigenvalue weighted by Crippen LogP contribution is 2.26. The highest BCUT2D eigenvalue weighted by atomic mass is 16.4. The molecule has 0 spiro atoms. The Bertz CT molecular complexity index is 1130. The number of hydrogen-bond donors (Lipinski definition) is 4. The molecule has 1 fully saturated rings. The van der Waals surface area contributed by atoms with Crippen molar-refractivity contribution < 1.29 is 14.7 Å². The quantitative estimate of drug-likeness (QED) is 0.328. The summed E-state index contributed by atoms with van der Waals surface area (Å²) in [7, 11) is 0. The first kappa shape index (κ1) is 22.4. The number of carbonyl (C=O) groups is 2. The van der Waals surface area contributed by atoms with Crippen molar-refractivity contribution in [1.82, 2.24) is 15.6 Å². The van der Waals surface area contributed by atoms with Crippen molar-refractivity contribution in [3.05, 3.63) is 89.6 Å². The van der Waals surface area contributed by atoms with E-state index in [4.69, 9.17) is 10.5 Å². The van der Waals surface area contributed by atoms with Crippen molar-refractivity contribution in [2.75, 3.05) is 0 Å². The van der Waals surface area contributed by atoms with Crippen LogP contribution in [0.25, 0.3) is 11.3 Å². The van der Waals surface area contributed by atoms with Crippen LogP contribution in [0.15, 0.2) is 72.9 Å². The molecule has 1 saturated carbocycles. The molecule has 4 N–H and O–H groups in total. The summed E-state index contributed by atoms with van der Waals surface area (Å²) in [6.07, 6.45) is 3.97. The lowest BCUT2D eigenvalue weighted by atomic mass is 10.1. The number of nitrogens with one attached hydrogen (secondary N) is 3. The number of amidine groups is 1. The van der Waals surface area contributed by atoms with Gasteiger partial charge in [0.15, 0.2) is 0 Å². The standard InChI is InChI=1S/C26H26N4O3/c27-24(30-25(31)20-10-8-18(9-11-20)23-3-1-2-14-28-23)19-6-4-17(5-7-19)16-29-22-13-12-21(15-22)26(32)33/h1-11,14,21-22,29H,12-13,15-16H2,(H,32,33)(H2,27,30,31)/t21-,22-/m1/s1. The molecule has 0 radical (unpaired) electrons. The largest absolute Gasteiger partial charge is 0.481 e. The van der Waals surface area contributed by atoms with Crippen LogP contribution in [0, 0.1) is 11.3 Å². The molecule has 1 amide bonds. The molecule has 7 nitrogen and oxygen atoms in total. The second-order valence-electron chi connectivity index (χ2n) is 8.24. The van der Waals surface area contributed by atoms with Crippen molar-refractivity contribution in [3.8, 4) is 11.3 Å². The predicted octanol–water partition coefficient (Wildman–Crippen LogP) is 3.85. The van der Waals surface area contributed by atoms with Gasteiger partial charge in [0.05, 0.1) is 11.6 Å². The summed E-state index contributed by atoms with van der Waals surface area (Å²) in [6.45, 7) is 0.638. The number of benzene rings is 2. The fraction of sp³-hybridized carbons (Fsp3) is 0.231. The lowest BCUT2D eigenvalue weighted by Crippen LogP contribution is -2.30. The molecule has 7 heteroatoms. The maximum atomic E-state index is 12.5. The number of amides is 1. The number of aromatic nitrogens is 1. The Labute approximate surface area is 192 Å². The molecule has 1 aromatic heterocycles. The van der Waals surface area contributed by atoms with Crippen LogP contribution in [0.1, 0.15) is 40.7 Å². The zero-order valence-corrected chi connectivity index (χ0v) is 18.1. The number of hydrogen-bond acceptors (Lipinski definition) is 5. The Balaban J connectivity index is 1.29. The van der Waals surface area contributed by atoms with Gasteiger partial charge in [0.2, 0.25) is 0 Å². The van der Waals surface area contributed by atoms with E-state index in [0.717, 1.165) is 23.2 Å². The minimum Gasteiger partial charge on any atom is -0.481 e. The molecular formula is C26H26N4O3. The summed E-state index contributed by atoms with van der Waals surface area (Å²) >= 11 is 0. The fourth-order valence-electron chi connectivity index (χ4n) is 4.03. The van der Waals surface area contributed by atoms with Crippen LogP contribution in [0.2, 0.25) is 0 Å². The Kier molecular flexibility index (Phi) is 6.90. The van der Waals surface area contributed by atoms with Crippen molar-refractivity contribution in [3.63, 3.8) is 0 Å². The van der Waals surface area contributed by atoms with Gasteiger partial charge in [0, 0.05) is 35.5 Å². The maximum absolute atomic E-state index is 12.5. The van der Waals surface area contributed by atoms with E-state index >= 15 is 0 Å². The van der Waals surface area contributed by atoms with Crippen LogP contribution in [-0.2, 0) is 11.3 Å². The summed E-state index contributed by atoms with van der Waals surface area (Å²) in [6, 6.07) is 20.4. The minimum atomic E-state index is -0.714. The van der Waals surface area contributed by atoms with Crippen molar-refractivity contribution in [2.45, 2.75) is 31.8 Å². The molecule has 1 aliphatic rings. The van der Waals surface area contributed by atoms with Crippen molar-refractivity contribution in [1.29, 1.82) is 5.41 Å². The fourth-order valence-corrected chi connectivity index (χ4v) is 4.03. The summed E-state index contributed by atoms with van der Waals surface area (Å²) < 4.78 is 0. The molecule has 0 aliphatic heterocycles. The minimum absolute atomic E-state index is 0.0356. The van der Waals surface area contributed by atoms with Crippen LogP contribution in [-0.4, -0.2) is 33.8 Å². The molecule has 0 unspecified atom stereocenters. The van der Waals surface area contributed by atoms with Gasteiger partial charge in [-0.3, -0.25) is 20.0 Å². The normalized spacial score (nSPS) is 17.5. The summed E-state index contributed by atoms with van der Waals surface area (Å²) in [4.78, 5) is 27.9. The average molecular weight is 443 g/mol. The second-order valence-corrected chi connectivity index (χ2v) is 8.24. The number of pyridine rings is 1. The first-order valence-electron chi connectivity index (χ1n) is 11.0.